The molecule has 17 heavy (non-hydrogen) atoms. The number of carbonyl (C=O) groups excluding carboxylic acids is 1. The Kier molecular flexibility index (Phi) is 3.33. The molecule has 2 nitrogen and oxygen atoms in total. The van der Waals surface area contributed by atoms with E-state index in [2.05, 4.69) is 19.9 Å². The molecule has 0 saturated heterocycles. The minimum Gasteiger partial charge on any atom is -0.460 e. The van der Waals surface area contributed by atoms with Gasteiger partial charge < -0.3 is 4.74 Å². The lowest BCUT2D eigenvalue weighted by Gasteiger charge is -2.36. The third-order valence-electron chi connectivity index (χ3n) is 4.68. The maximum absolute atomic E-state index is 11.5. The van der Waals surface area contributed by atoms with Crippen molar-refractivity contribution in [3.05, 3.63) is 12.2 Å². The average molecular weight is 236 g/mol. The Morgan fingerprint density at radius 1 is 1.35 bits per heavy atom. The maximum Gasteiger partial charge on any atom is 0.330 e. The monoisotopic (exact) mass is 236 g/mol. The third-order valence-corrected chi connectivity index (χ3v) is 4.68. The van der Waals surface area contributed by atoms with Crippen molar-refractivity contribution in [2.24, 2.45) is 23.2 Å². The van der Waals surface area contributed by atoms with Crippen molar-refractivity contribution in [3.63, 3.8) is 0 Å². The number of carbonyl (C=O) groups is 1. The van der Waals surface area contributed by atoms with Gasteiger partial charge in [-0.15, -0.1) is 0 Å². The van der Waals surface area contributed by atoms with Crippen LogP contribution in [0.5, 0.6) is 0 Å². The van der Waals surface area contributed by atoms with E-state index in [9.17, 15) is 4.79 Å². The number of allylic oxidation sites excluding steroid dienone is 1. The number of ether oxygens (including phenoxy) is 1. The lowest BCUT2D eigenvalue weighted by molar-refractivity contribution is -0.141. The zero-order chi connectivity index (χ0) is 12.6. The standard InChI is InChI=1S/C15H24O2/c1-10(2)17-14(16)8-7-13-11-5-6-12(9-11)15(13,3)4/h7-8,10-13H,5-6,9H2,1-4H3. The van der Waals surface area contributed by atoms with Crippen LogP contribution in [0.1, 0.15) is 47.0 Å². The summed E-state index contributed by atoms with van der Waals surface area (Å²) in [6.45, 7) is 8.46. The van der Waals surface area contributed by atoms with Gasteiger partial charge in [0, 0.05) is 6.08 Å². The molecule has 3 unspecified atom stereocenters. The zero-order valence-corrected chi connectivity index (χ0v) is 11.4. The summed E-state index contributed by atoms with van der Waals surface area (Å²) in [5, 5.41) is 0. The van der Waals surface area contributed by atoms with E-state index in [4.69, 9.17) is 4.74 Å². The van der Waals surface area contributed by atoms with Crippen molar-refractivity contribution in [2.45, 2.75) is 53.1 Å². The van der Waals surface area contributed by atoms with Crippen molar-refractivity contribution < 1.29 is 9.53 Å². The molecule has 0 aromatic carbocycles. The second kappa shape index (κ2) is 4.47. The molecule has 2 rings (SSSR count). The quantitative estimate of drug-likeness (QED) is 0.553. The van der Waals surface area contributed by atoms with Crippen molar-refractivity contribution >= 4 is 5.97 Å². The van der Waals surface area contributed by atoms with Crippen molar-refractivity contribution in [3.8, 4) is 0 Å². The number of hydrogen-bond acceptors (Lipinski definition) is 2. The molecule has 0 amide bonds. The van der Waals surface area contributed by atoms with Crippen LogP contribution in [0.15, 0.2) is 12.2 Å². The lowest BCUT2D eigenvalue weighted by atomic mass is 9.68. The van der Waals surface area contributed by atoms with Crippen molar-refractivity contribution in [1.29, 1.82) is 0 Å². The van der Waals surface area contributed by atoms with E-state index in [1.165, 1.54) is 19.3 Å². The van der Waals surface area contributed by atoms with Crippen LogP contribution in [0.4, 0.5) is 0 Å². The topological polar surface area (TPSA) is 26.3 Å². The Morgan fingerprint density at radius 3 is 2.59 bits per heavy atom. The van der Waals surface area contributed by atoms with Crippen molar-refractivity contribution in [2.75, 3.05) is 0 Å². The summed E-state index contributed by atoms with van der Waals surface area (Å²) in [5.74, 6) is 2.00. The fraction of sp³-hybridized carbons (Fsp3) is 0.800. The summed E-state index contributed by atoms with van der Waals surface area (Å²) >= 11 is 0. The molecule has 0 N–H and O–H groups in total. The molecule has 2 aliphatic rings. The normalized spacial score (nSPS) is 34.8. The van der Waals surface area contributed by atoms with E-state index in [1.54, 1.807) is 6.08 Å². The minimum atomic E-state index is -0.196. The van der Waals surface area contributed by atoms with Gasteiger partial charge in [0.1, 0.15) is 0 Å². The highest BCUT2D eigenvalue weighted by molar-refractivity contribution is 5.82. The zero-order valence-electron chi connectivity index (χ0n) is 11.4. The highest BCUT2D eigenvalue weighted by atomic mass is 16.5. The Morgan fingerprint density at radius 2 is 2.06 bits per heavy atom. The van der Waals surface area contributed by atoms with Gasteiger partial charge in [-0.05, 0) is 56.3 Å². The van der Waals surface area contributed by atoms with Gasteiger partial charge in [0.25, 0.3) is 0 Å². The smallest absolute Gasteiger partial charge is 0.330 e. The Hall–Kier alpha value is -0.790. The van der Waals surface area contributed by atoms with Gasteiger partial charge in [-0.2, -0.15) is 0 Å². The van der Waals surface area contributed by atoms with Crippen molar-refractivity contribution in [1.82, 2.24) is 0 Å². The molecule has 0 aromatic rings. The first-order valence-electron chi connectivity index (χ1n) is 6.80. The van der Waals surface area contributed by atoms with Crippen LogP contribution < -0.4 is 0 Å². The number of rotatable bonds is 3. The average Bonchev–Trinajstić information content (AvgIpc) is 2.72. The molecule has 2 aliphatic carbocycles. The van der Waals surface area contributed by atoms with Crippen LogP contribution >= 0.6 is 0 Å². The predicted octanol–water partition coefficient (Wildman–Crippen LogP) is 3.57. The Balaban J connectivity index is 1.99. The first-order chi connectivity index (χ1) is 7.91. The van der Waals surface area contributed by atoms with E-state index < -0.39 is 0 Å². The number of esters is 1. The summed E-state index contributed by atoms with van der Waals surface area (Å²) in [7, 11) is 0. The molecule has 0 aliphatic heterocycles. The molecule has 3 atom stereocenters. The summed E-state index contributed by atoms with van der Waals surface area (Å²) in [6, 6.07) is 0. The SMILES string of the molecule is CC(C)OC(=O)C=CC1C2CCC(C2)C1(C)C. The summed E-state index contributed by atoms with van der Waals surface area (Å²) in [6.07, 6.45) is 7.78. The minimum absolute atomic E-state index is 0.0276. The first kappa shape index (κ1) is 12.7. The predicted molar refractivity (Wildman–Crippen MR) is 68.5 cm³/mol. The van der Waals surface area contributed by atoms with Gasteiger partial charge >= 0.3 is 5.97 Å². The van der Waals surface area contributed by atoms with Crippen LogP contribution in [0, 0.1) is 23.2 Å². The fourth-order valence-electron chi connectivity index (χ4n) is 3.76. The van der Waals surface area contributed by atoms with E-state index in [0.29, 0.717) is 11.3 Å². The van der Waals surface area contributed by atoms with Crippen LogP contribution in [0.3, 0.4) is 0 Å². The number of hydrogen-bond donors (Lipinski definition) is 0. The molecule has 0 radical (unpaired) electrons. The van der Waals surface area contributed by atoms with E-state index in [-0.39, 0.29) is 12.1 Å². The van der Waals surface area contributed by atoms with Gasteiger partial charge in [-0.1, -0.05) is 19.9 Å². The Labute approximate surface area is 104 Å². The molecule has 2 saturated carbocycles. The van der Waals surface area contributed by atoms with E-state index in [1.807, 2.05) is 13.8 Å². The number of fused-ring (bicyclic) bond motifs is 2. The van der Waals surface area contributed by atoms with E-state index in [0.717, 1.165) is 11.8 Å². The molecule has 0 aromatic heterocycles. The van der Waals surface area contributed by atoms with Gasteiger partial charge in [0.2, 0.25) is 0 Å². The van der Waals surface area contributed by atoms with Gasteiger partial charge in [-0.3, -0.25) is 0 Å². The van der Waals surface area contributed by atoms with Crippen LogP contribution in [-0.4, -0.2) is 12.1 Å². The summed E-state index contributed by atoms with van der Waals surface area (Å²) < 4.78 is 5.13. The van der Waals surface area contributed by atoms with Gasteiger partial charge in [0.15, 0.2) is 0 Å². The summed E-state index contributed by atoms with van der Waals surface area (Å²) in [5.41, 5.74) is 0.359. The largest absolute Gasteiger partial charge is 0.460 e. The maximum atomic E-state index is 11.5. The van der Waals surface area contributed by atoms with Crippen LogP contribution in [0.25, 0.3) is 0 Å². The molecular formula is C15H24O2. The molecule has 2 fully saturated rings. The lowest BCUT2D eigenvalue weighted by Crippen LogP contribution is -2.29. The molecule has 2 heteroatoms. The fourth-order valence-corrected chi connectivity index (χ4v) is 3.76. The molecule has 96 valence electrons. The second-order valence-electron chi connectivity index (χ2n) is 6.46. The summed E-state index contributed by atoms with van der Waals surface area (Å²) in [4.78, 5) is 11.5. The highest BCUT2D eigenvalue weighted by Gasteiger charge is 2.51. The van der Waals surface area contributed by atoms with E-state index >= 15 is 0 Å². The molecule has 0 heterocycles. The third kappa shape index (κ3) is 2.41. The molecule has 0 spiro atoms. The van der Waals surface area contributed by atoms with Crippen LogP contribution in [0.2, 0.25) is 0 Å². The first-order valence-corrected chi connectivity index (χ1v) is 6.80. The highest BCUT2D eigenvalue weighted by Crippen LogP contribution is 2.59. The second-order valence-corrected chi connectivity index (χ2v) is 6.46. The molecule has 2 bridgehead atoms. The Bertz CT molecular complexity index is 328. The molecular weight excluding hydrogens is 212 g/mol. The van der Waals surface area contributed by atoms with Crippen LogP contribution in [-0.2, 0) is 9.53 Å². The van der Waals surface area contributed by atoms with Gasteiger partial charge in [0.05, 0.1) is 6.10 Å². The van der Waals surface area contributed by atoms with Gasteiger partial charge in [-0.25, -0.2) is 4.79 Å².